The molecular formula is C19H25N6O14P3. The standard InChI is InChI=1S/C19H25N6O14P3/c1-9(20)10-4-2-3-5-11(10)18(27)37-12-6-14(25-8-22-15-16(25)23-19(21)24-17(15)26)36-13(12)7-35-41(31,32)39-42(33,34)38-40(28,29)30/h2-5,8-9,12-14H,6-7,20H2,1H3,(H,31,32)(H,33,34)(H2,28,29,30)(H3,21,23,24,26). The number of benzene rings is 1. The number of phosphoric ester groups is 1. The molecule has 1 fully saturated rings. The molecule has 1 aliphatic heterocycles. The number of anilines is 1. The van der Waals surface area contributed by atoms with Gasteiger partial charge in [-0.15, -0.1) is 0 Å². The molecule has 9 N–H and O–H groups in total. The predicted octanol–water partition coefficient (Wildman–Crippen LogP) is 0.578. The Morgan fingerprint density at radius 1 is 1.19 bits per heavy atom. The molecule has 230 valence electrons. The van der Waals surface area contributed by atoms with Crippen molar-refractivity contribution in [1.82, 2.24) is 19.5 Å². The molecular weight excluding hydrogens is 629 g/mol. The lowest BCUT2D eigenvalue weighted by Crippen LogP contribution is -2.31. The lowest BCUT2D eigenvalue weighted by molar-refractivity contribution is -0.0490. The topological polar surface area (TPSA) is 311 Å². The summed E-state index contributed by atoms with van der Waals surface area (Å²) in [5.74, 6) is -1.07. The second-order valence-electron chi connectivity index (χ2n) is 8.85. The zero-order chi connectivity index (χ0) is 31.0. The number of imidazole rings is 1. The first kappa shape index (κ1) is 32.1. The number of nitrogen functional groups attached to an aromatic ring is 1. The first-order chi connectivity index (χ1) is 19.4. The number of nitrogens with two attached hydrogens (primary N) is 2. The van der Waals surface area contributed by atoms with Crippen molar-refractivity contribution in [3.8, 4) is 0 Å². The zero-order valence-electron chi connectivity index (χ0n) is 21.3. The molecule has 0 aliphatic carbocycles. The second-order valence-corrected chi connectivity index (χ2v) is 13.3. The number of carbonyl (C=O) groups is 1. The Balaban J connectivity index is 1.59. The summed E-state index contributed by atoms with van der Waals surface area (Å²) in [6.45, 7) is 0.729. The molecule has 3 aromatic rings. The molecule has 4 rings (SSSR count). The van der Waals surface area contributed by atoms with Crippen LogP contribution in [0.15, 0.2) is 35.4 Å². The van der Waals surface area contributed by atoms with Crippen LogP contribution in [0.2, 0.25) is 0 Å². The molecule has 2 aromatic heterocycles. The molecule has 1 aliphatic rings. The lowest BCUT2D eigenvalue weighted by atomic mass is 10.0. The van der Waals surface area contributed by atoms with Gasteiger partial charge in [0.1, 0.15) is 18.4 Å². The van der Waals surface area contributed by atoms with Crippen molar-refractivity contribution in [3.63, 3.8) is 0 Å². The van der Waals surface area contributed by atoms with Crippen molar-refractivity contribution in [2.24, 2.45) is 5.73 Å². The third-order valence-corrected chi connectivity index (χ3v) is 9.49. The predicted molar refractivity (Wildman–Crippen MR) is 139 cm³/mol. The highest BCUT2D eigenvalue weighted by molar-refractivity contribution is 7.66. The zero-order valence-corrected chi connectivity index (χ0v) is 24.0. The van der Waals surface area contributed by atoms with E-state index in [1.807, 2.05) is 0 Å². The van der Waals surface area contributed by atoms with E-state index in [4.69, 9.17) is 35.3 Å². The molecule has 0 spiro atoms. The van der Waals surface area contributed by atoms with Crippen LogP contribution in [0.3, 0.4) is 0 Å². The lowest BCUT2D eigenvalue weighted by Gasteiger charge is -2.21. The summed E-state index contributed by atoms with van der Waals surface area (Å²) >= 11 is 0. The third kappa shape index (κ3) is 7.76. The van der Waals surface area contributed by atoms with Gasteiger partial charge < -0.3 is 40.5 Å². The first-order valence-electron chi connectivity index (χ1n) is 11.7. The fraction of sp³-hybridized carbons (Fsp3) is 0.368. The van der Waals surface area contributed by atoms with E-state index in [2.05, 4.69) is 23.6 Å². The smallest absolute Gasteiger partial charge is 0.456 e. The van der Waals surface area contributed by atoms with Gasteiger partial charge in [-0.05, 0) is 18.6 Å². The average molecular weight is 654 g/mol. The van der Waals surface area contributed by atoms with E-state index >= 15 is 0 Å². The maximum absolute atomic E-state index is 13.1. The Bertz CT molecular complexity index is 1690. The second kappa shape index (κ2) is 12.0. The van der Waals surface area contributed by atoms with Gasteiger partial charge in [-0.25, -0.2) is 23.5 Å². The van der Waals surface area contributed by atoms with E-state index in [-0.39, 0.29) is 29.1 Å². The molecule has 23 heteroatoms. The Kier molecular flexibility index (Phi) is 9.20. The largest absolute Gasteiger partial charge is 0.490 e. The van der Waals surface area contributed by atoms with Gasteiger partial charge in [0.25, 0.3) is 5.56 Å². The van der Waals surface area contributed by atoms with Crippen molar-refractivity contribution < 1.29 is 60.7 Å². The summed E-state index contributed by atoms with van der Waals surface area (Å²) in [5, 5.41) is 0. The first-order valence-corrected chi connectivity index (χ1v) is 16.2. The van der Waals surface area contributed by atoms with Crippen LogP contribution >= 0.6 is 23.5 Å². The van der Waals surface area contributed by atoms with Crippen LogP contribution in [-0.2, 0) is 36.3 Å². The summed E-state index contributed by atoms with van der Waals surface area (Å²) < 4.78 is 59.7. The highest BCUT2D eigenvalue weighted by Gasteiger charge is 2.44. The Hall–Kier alpha value is -2.83. The van der Waals surface area contributed by atoms with Crippen LogP contribution in [0.1, 0.15) is 41.5 Å². The van der Waals surface area contributed by atoms with E-state index in [1.54, 1.807) is 25.1 Å². The van der Waals surface area contributed by atoms with Gasteiger partial charge >= 0.3 is 29.4 Å². The van der Waals surface area contributed by atoms with Crippen LogP contribution in [-0.4, -0.2) is 63.9 Å². The van der Waals surface area contributed by atoms with Gasteiger partial charge in [0, 0.05) is 12.5 Å². The number of nitrogens with zero attached hydrogens (tertiary/aromatic N) is 3. The molecule has 42 heavy (non-hydrogen) atoms. The molecule has 20 nitrogen and oxygen atoms in total. The quantitative estimate of drug-likeness (QED) is 0.110. The maximum Gasteiger partial charge on any atom is 0.490 e. The van der Waals surface area contributed by atoms with E-state index in [9.17, 15) is 33.1 Å². The van der Waals surface area contributed by atoms with Crippen LogP contribution in [0.5, 0.6) is 0 Å². The van der Waals surface area contributed by atoms with Gasteiger partial charge in [0.15, 0.2) is 11.2 Å². The summed E-state index contributed by atoms with van der Waals surface area (Å²) in [5.41, 5.74) is 11.4. The Morgan fingerprint density at radius 2 is 1.88 bits per heavy atom. The number of ether oxygens (including phenoxy) is 2. The van der Waals surface area contributed by atoms with Crippen molar-refractivity contribution in [3.05, 3.63) is 52.1 Å². The molecule has 3 heterocycles. The number of esters is 1. The van der Waals surface area contributed by atoms with Gasteiger partial charge in [0.05, 0.1) is 18.5 Å². The number of aromatic amines is 1. The van der Waals surface area contributed by atoms with Crippen molar-refractivity contribution in [2.45, 2.75) is 37.8 Å². The Morgan fingerprint density at radius 3 is 2.55 bits per heavy atom. The molecule has 0 bridgehead atoms. The minimum Gasteiger partial charge on any atom is -0.456 e. The normalized spacial score (nSPS) is 22.9. The van der Waals surface area contributed by atoms with E-state index in [1.165, 1.54) is 17.0 Å². The molecule has 6 atom stereocenters. The number of aromatic nitrogens is 4. The van der Waals surface area contributed by atoms with E-state index in [0.29, 0.717) is 5.56 Å². The van der Waals surface area contributed by atoms with E-state index < -0.39 is 66.1 Å². The molecule has 1 aromatic carbocycles. The molecule has 0 saturated carbocycles. The van der Waals surface area contributed by atoms with Crippen LogP contribution in [0, 0.1) is 0 Å². The number of H-pyrrole nitrogens is 1. The monoisotopic (exact) mass is 654 g/mol. The third-order valence-electron chi connectivity index (χ3n) is 5.69. The van der Waals surface area contributed by atoms with E-state index in [0.717, 1.165) is 0 Å². The minimum atomic E-state index is -5.78. The fourth-order valence-electron chi connectivity index (χ4n) is 4.05. The summed E-state index contributed by atoms with van der Waals surface area (Å²) in [4.78, 5) is 72.3. The van der Waals surface area contributed by atoms with Crippen LogP contribution < -0.4 is 17.0 Å². The number of rotatable bonds is 11. The van der Waals surface area contributed by atoms with Crippen molar-refractivity contribution in [1.29, 1.82) is 0 Å². The number of nitrogens with one attached hydrogen (secondary N) is 1. The molecule has 0 amide bonds. The van der Waals surface area contributed by atoms with Gasteiger partial charge in [-0.2, -0.15) is 13.6 Å². The summed E-state index contributed by atoms with van der Waals surface area (Å²) in [6.07, 6.45) is -2.57. The molecule has 1 saturated heterocycles. The highest BCUT2D eigenvalue weighted by Crippen LogP contribution is 2.66. The number of carbonyl (C=O) groups excluding carboxylic acids is 1. The van der Waals surface area contributed by atoms with Gasteiger partial charge in [-0.1, -0.05) is 18.2 Å². The maximum atomic E-state index is 13.1. The van der Waals surface area contributed by atoms with Gasteiger partial charge in [0.2, 0.25) is 5.95 Å². The number of hydrogen-bond donors (Lipinski definition) is 7. The number of phosphoric acid groups is 3. The minimum absolute atomic E-state index is 0.00200. The van der Waals surface area contributed by atoms with Crippen molar-refractivity contribution >= 4 is 46.5 Å². The SMILES string of the molecule is CC(N)c1ccccc1C(=O)OC1CC(n2cnc3c(=O)[nH]c(N)nc32)OC1COP(=O)(O)OP(=O)(O)OP(=O)(O)O. The highest BCUT2D eigenvalue weighted by atomic mass is 31.3. The Labute approximate surface area is 235 Å². The number of fused-ring (bicyclic) bond motifs is 1. The fourth-order valence-corrected chi connectivity index (χ4v) is 7.08. The van der Waals surface area contributed by atoms with Crippen LogP contribution in [0.4, 0.5) is 5.95 Å². The average Bonchev–Trinajstić information content (AvgIpc) is 3.44. The number of hydrogen-bond acceptors (Lipinski definition) is 14. The van der Waals surface area contributed by atoms with Gasteiger partial charge in [-0.3, -0.25) is 18.9 Å². The molecule has 6 unspecified atom stereocenters. The van der Waals surface area contributed by atoms with Crippen LogP contribution in [0.25, 0.3) is 11.2 Å². The molecule has 0 radical (unpaired) electrons. The summed E-state index contributed by atoms with van der Waals surface area (Å²) in [6, 6.07) is 5.79. The van der Waals surface area contributed by atoms with Crippen molar-refractivity contribution in [2.75, 3.05) is 12.3 Å². The summed E-state index contributed by atoms with van der Waals surface area (Å²) in [7, 11) is -16.9.